The van der Waals surface area contributed by atoms with Crippen LogP contribution in [0.2, 0.25) is 0 Å². The van der Waals surface area contributed by atoms with Crippen molar-refractivity contribution in [2.24, 2.45) is 0 Å². The molecule has 0 unspecified atom stereocenters. The van der Waals surface area contributed by atoms with Crippen LogP contribution in [0.3, 0.4) is 0 Å². The second kappa shape index (κ2) is 6.09. The first-order chi connectivity index (χ1) is 5.68. The van der Waals surface area contributed by atoms with Crippen molar-refractivity contribution in [1.82, 2.24) is 0 Å². The van der Waals surface area contributed by atoms with Gasteiger partial charge < -0.3 is 14.6 Å². The van der Waals surface area contributed by atoms with Gasteiger partial charge in [0.2, 0.25) is 0 Å². The Hall–Kier alpha value is -0.433. The van der Waals surface area contributed by atoms with Crippen molar-refractivity contribution in [2.45, 2.75) is 0 Å². The van der Waals surface area contributed by atoms with E-state index in [0.717, 1.165) is 4.47 Å². The second-order valence-electron chi connectivity index (χ2n) is 2.11. The maximum absolute atomic E-state index is 9.99. The maximum Gasteiger partial charge on any atom is 1.00 e. The molecule has 1 aromatic carbocycles. The first kappa shape index (κ1) is 12.6. The monoisotopic (exact) mass is 236 g/mol. The Labute approximate surface area is 96.4 Å². The normalized spacial score (nSPS) is 8.69. The third-order valence-corrected chi connectivity index (χ3v) is 1.70. The molecule has 0 heterocycles. The van der Waals surface area contributed by atoms with Gasteiger partial charge in [-0.1, -0.05) is 15.9 Å². The van der Waals surface area contributed by atoms with Gasteiger partial charge >= 0.3 is 18.9 Å². The summed E-state index contributed by atoms with van der Waals surface area (Å²) >= 11 is 3.24. The van der Waals surface area contributed by atoms with Gasteiger partial charge in [0.1, 0.15) is 12.4 Å². The van der Waals surface area contributed by atoms with Crippen molar-refractivity contribution in [1.29, 1.82) is 0 Å². The average molecular weight is 237 g/mol. The van der Waals surface area contributed by atoms with E-state index >= 15 is 0 Å². The smallest absolute Gasteiger partial charge is 0.546 e. The van der Waals surface area contributed by atoms with Crippen molar-refractivity contribution in [3.8, 4) is 5.75 Å². The molecule has 0 aromatic heterocycles. The molecule has 5 heteroatoms. The summed E-state index contributed by atoms with van der Waals surface area (Å²) in [5, 5.41) is 9.99. The molecule has 0 N–H and O–H groups in total. The SMILES string of the molecule is O=C([O-])COc1ccc(Br)cc1.[Li+]. The van der Waals surface area contributed by atoms with Gasteiger partial charge in [-0.05, 0) is 24.3 Å². The van der Waals surface area contributed by atoms with E-state index in [1.54, 1.807) is 24.3 Å². The zero-order valence-electron chi connectivity index (χ0n) is 7.12. The summed E-state index contributed by atoms with van der Waals surface area (Å²) < 4.78 is 5.76. The average Bonchev–Trinajstić information content (AvgIpc) is 2.03. The van der Waals surface area contributed by atoms with Crippen molar-refractivity contribution in [2.75, 3.05) is 6.61 Å². The van der Waals surface area contributed by atoms with Crippen LogP contribution in [0.1, 0.15) is 0 Å². The summed E-state index contributed by atoms with van der Waals surface area (Å²) in [5.41, 5.74) is 0. The molecule has 0 saturated heterocycles. The number of carboxylic acids is 1. The number of rotatable bonds is 3. The molecule has 1 rings (SSSR count). The van der Waals surface area contributed by atoms with Gasteiger partial charge in [0.15, 0.2) is 0 Å². The van der Waals surface area contributed by atoms with Gasteiger partial charge in [-0.2, -0.15) is 0 Å². The minimum absolute atomic E-state index is 0. The van der Waals surface area contributed by atoms with E-state index in [1.807, 2.05) is 0 Å². The zero-order chi connectivity index (χ0) is 8.97. The molecule has 1 aromatic rings. The van der Waals surface area contributed by atoms with Crippen LogP contribution >= 0.6 is 15.9 Å². The summed E-state index contributed by atoms with van der Waals surface area (Å²) in [6, 6.07) is 6.88. The Morgan fingerprint density at radius 3 is 2.38 bits per heavy atom. The molecule has 3 nitrogen and oxygen atoms in total. The minimum Gasteiger partial charge on any atom is -0.546 e. The molecule has 0 aliphatic carbocycles. The first-order valence-electron chi connectivity index (χ1n) is 3.26. The van der Waals surface area contributed by atoms with Crippen LogP contribution in [0.15, 0.2) is 28.7 Å². The third kappa shape index (κ3) is 4.99. The molecule has 0 spiro atoms. The molecule has 0 radical (unpaired) electrons. The number of ether oxygens (including phenoxy) is 1. The number of carbonyl (C=O) groups excluding carboxylic acids is 1. The summed E-state index contributed by atoms with van der Waals surface area (Å²) in [7, 11) is 0. The number of benzene rings is 1. The van der Waals surface area contributed by atoms with E-state index in [1.165, 1.54) is 0 Å². The van der Waals surface area contributed by atoms with E-state index < -0.39 is 12.6 Å². The van der Waals surface area contributed by atoms with Crippen LogP contribution in [0, 0.1) is 0 Å². The number of carboxylic acid groups (broad SMARTS) is 1. The standard InChI is InChI=1S/C8H7BrO3.Li/c9-6-1-3-7(4-2-6)12-5-8(10)11;/h1-4H,5H2,(H,10,11);/q;+1/p-1. The molecule has 0 aliphatic rings. The van der Waals surface area contributed by atoms with Gasteiger partial charge in [-0.15, -0.1) is 0 Å². The van der Waals surface area contributed by atoms with Crippen LogP contribution in [0.25, 0.3) is 0 Å². The first-order valence-corrected chi connectivity index (χ1v) is 4.06. The molecule has 0 saturated carbocycles. The predicted molar refractivity (Wildman–Crippen MR) is 44.6 cm³/mol. The van der Waals surface area contributed by atoms with Crippen molar-refractivity contribution in [3.63, 3.8) is 0 Å². The topological polar surface area (TPSA) is 49.4 Å². The Morgan fingerprint density at radius 1 is 1.38 bits per heavy atom. The molecule has 0 fully saturated rings. The van der Waals surface area contributed by atoms with Gasteiger partial charge in [-0.3, -0.25) is 0 Å². The molecule has 64 valence electrons. The summed E-state index contributed by atoms with van der Waals surface area (Å²) in [6.45, 7) is -0.415. The van der Waals surface area contributed by atoms with Crippen molar-refractivity contribution >= 4 is 21.9 Å². The van der Waals surface area contributed by atoms with E-state index in [-0.39, 0.29) is 18.9 Å². The van der Waals surface area contributed by atoms with Crippen LogP contribution in [0.4, 0.5) is 0 Å². The molecule has 13 heavy (non-hydrogen) atoms. The largest absolute Gasteiger partial charge is 1.00 e. The molecule has 0 amide bonds. The molecule has 0 atom stereocenters. The predicted octanol–water partition coefficient (Wildman–Crippen LogP) is -2.42. The molecule has 0 bridgehead atoms. The summed E-state index contributed by atoms with van der Waals surface area (Å²) in [5.74, 6) is -0.708. The zero-order valence-corrected chi connectivity index (χ0v) is 8.71. The Bertz CT molecular complexity index is 273. The second-order valence-corrected chi connectivity index (χ2v) is 3.03. The Morgan fingerprint density at radius 2 is 1.92 bits per heavy atom. The number of aliphatic carboxylic acids is 1. The fourth-order valence-electron chi connectivity index (χ4n) is 0.673. The fourth-order valence-corrected chi connectivity index (χ4v) is 0.937. The molecular weight excluding hydrogens is 231 g/mol. The van der Waals surface area contributed by atoms with Crippen molar-refractivity contribution < 1.29 is 33.5 Å². The quantitative estimate of drug-likeness (QED) is 0.550. The van der Waals surface area contributed by atoms with Crippen LogP contribution in [-0.2, 0) is 4.79 Å². The third-order valence-electron chi connectivity index (χ3n) is 1.17. The Kier molecular flexibility index (Phi) is 5.88. The number of hydrogen-bond acceptors (Lipinski definition) is 3. The molecular formula is C8H6BrLiO3. The maximum atomic E-state index is 9.99. The fraction of sp³-hybridized carbons (Fsp3) is 0.125. The van der Waals surface area contributed by atoms with Gasteiger partial charge in [0, 0.05) is 4.47 Å². The van der Waals surface area contributed by atoms with Gasteiger partial charge in [0.25, 0.3) is 0 Å². The summed E-state index contributed by atoms with van der Waals surface area (Å²) in [4.78, 5) is 9.99. The van der Waals surface area contributed by atoms with Crippen LogP contribution in [0.5, 0.6) is 5.75 Å². The number of carbonyl (C=O) groups is 1. The Balaban J connectivity index is 0.00000144. The van der Waals surface area contributed by atoms with E-state index in [2.05, 4.69) is 15.9 Å². The van der Waals surface area contributed by atoms with Gasteiger partial charge in [-0.25, -0.2) is 0 Å². The van der Waals surface area contributed by atoms with Gasteiger partial charge in [0.05, 0.1) is 5.97 Å². The van der Waals surface area contributed by atoms with Crippen LogP contribution in [-0.4, -0.2) is 12.6 Å². The van der Waals surface area contributed by atoms with E-state index in [4.69, 9.17) is 4.74 Å². The number of halogens is 1. The van der Waals surface area contributed by atoms with E-state index in [0.29, 0.717) is 5.75 Å². The van der Waals surface area contributed by atoms with Crippen LogP contribution < -0.4 is 28.7 Å². The minimum atomic E-state index is -1.22. The molecule has 0 aliphatic heterocycles. The number of hydrogen-bond donors (Lipinski definition) is 0. The van der Waals surface area contributed by atoms with Crippen molar-refractivity contribution in [3.05, 3.63) is 28.7 Å². The van der Waals surface area contributed by atoms with E-state index in [9.17, 15) is 9.90 Å². The summed E-state index contributed by atoms with van der Waals surface area (Å²) in [6.07, 6.45) is 0.